The fraction of sp³-hybridized carbons (Fsp3) is 0.708. The van der Waals surface area contributed by atoms with E-state index in [0.29, 0.717) is 11.8 Å². The minimum Gasteiger partial charge on any atom is -0.376 e. The number of amides is 1. The van der Waals surface area contributed by atoms with Crippen LogP contribution < -0.4 is 0 Å². The Balaban J connectivity index is 1.38. The van der Waals surface area contributed by atoms with Crippen molar-refractivity contribution < 1.29 is 9.53 Å². The van der Waals surface area contributed by atoms with Gasteiger partial charge in [-0.25, -0.2) is 0 Å². The van der Waals surface area contributed by atoms with Gasteiger partial charge in [-0.05, 0) is 62.1 Å². The Hall–Kier alpha value is -1.39. The number of benzene rings is 1. The fourth-order valence-corrected chi connectivity index (χ4v) is 5.34. The average Bonchev–Trinajstić information content (AvgIpc) is 3.25. The zero-order valence-corrected chi connectivity index (χ0v) is 17.7. The molecule has 3 saturated heterocycles. The first-order valence-electron chi connectivity index (χ1n) is 11.3. The average molecular weight is 385 g/mol. The van der Waals surface area contributed by atoms with E-state index in [1.54, 1.807) is 0 Å². The Morgan fingerprint density at radius 2 is 1.93 bits per heavy atom. The lowest BCUT2D eigenvalue weighted by atomic mass is 9.87. The number of likely N-dealkylation sites (tertiary alicyclic amines) is 2. The summed E-state index contributed by atoms with van der Waals surface area (Å²) in [6.45, 7) is 9.41. The Morgan fingerprint density at radius 1 is 1.11 bits per heavy atom. The second-order valence-electron chi connectivity index (χ2n) is 9.39. The van der Waals surface area contributed by atoms with Crippen LogP contribution in [0.5, 0.6) is 0 Å². The lowest BCUT2D eigenvalue weighted by Crippen LogP contribution is -2.49. The highest BCUT2D eigenvalue weighted by Crippen LogP contribution is 2.40. The highest BCUT2D eigenvalue weighted by atomic mass is 16.5. The molecule has 0 radical (unpaired) electrons. The molecule has 154 valence electrons. The van der Waals surface area contributed by atoms with Gasteiger partial charge in [-0.15, -0.1) is 0 Å². The summed E-state index contributed by atoms with van der Waals surface area (Å²) in [5, 5.41) is 0. The molecule has 1 spiro atoms. The van der Waals surface area contributed by atoms with Crippen LogP contribution in [0.15, 0.2) is 24.3 Å². The lowest BCUT2D eigenvalue weighted by Gasteiger charge is -2.39. The zero-order chi connectivity index (χ0) is 19.6. The molecule has 28 heavy (non-hydrogen) atoms. The van der Waals surface area contributed by atoms with Gasteiger partial charge < -0.3 is 9.64 Å². The van der Waals surface area contributed by atoms with Crippen molar-refractivity contribution >= 4 is 5.91 Å². The monoisotopic (exact) mass is 384 g/mol. The Morgan fingerprint density at radius 3 is 2.64 bits per heavy atom. The van der Waals surface area contributed by atoms with Gasteiger partial charge in [0.1, 0.15) is 0 Å². The first-order valence-corrected chi connectivity index (χ1v) is 11.3. The van der Waals surface area contributed by atoms with E-state index in [-0.39, 0.29) is 11.6 Å². The van der Waals surface area contributed by atoms with Crippen LogP contribution in [0.2, 0.25) is 0 Å². The molecule has 2 atom stereocenters. The molecule has 0 aliphatic carbocycles. The Bertz CT molecular complexity index is 666. The topological polar surface area (TPSA) is 32.8 Å². The number of ether oxygens (including phenoxy) is 1. The third-order valence-electron chi connectivity index (χ3n) is 7.15. The molecule has 4 heteroatoms. The molecule has 4 rings (SSSR count). The van der Waals surface area contributed by atoms with Gasteiger partial charge in [0.05, 0.1) is 6.10 Å². The summed E-state index contributed by atoms with van der Waals surface area (Å²) >= 11 is 0. The van der Waals surface area contributed by atoms with Gasteiger partial charge in [0.15, 0.2) is 0 Å². The van der Waals surface area contributed by atoms with Crippen molar-refractivity contribution in [3.05, 3.63) is 35.4 Å². The van der Waals surface area contributed by atoms with Gasteiger partial charge in [-0.2, -0.15) is 0 Å². The summed E-state index contributed by atoms with van der Waals surface area (Å²) in [5.74, 6) is 0.940. The van der Waals surface area contributed by atoms with Crippen molar-refractivity contribution in [2.45, 2.75) is 82.9 Å². The molecule has 0 saturated carbocycles. The molecule has 0 aromatic heterocycles. The van der Waals surface area contributed by atoms with Crippen molar-refractivity contribution in [2.75, 3.05) is 26.2 Å². The second-order valence-corrected chi connectivity index (χ2v) is 9.39. The van der Waals surface area contributed by atoms with Gasteiger partial charge >= 0.3 is 0 Å². The van der Waals surface area contributed by atoms with Crippen molar-refractivity contribution in [3.8, 4) is 0 Å². The molecule has 0 unspecified atom stereocenters. The number of carbonyl (C=O) groups excluding carboxylic acids is 1. The quantitative estimate of drug-likeness (QED) is 0.757. The molecule has 1 aromatic carbocycles. The number of nitrogens with zero attached hydrogens (tertiary/aromatic N) is 2. The first-order chi connectivity index (χ1) is 13.6. The van der Waals surface area contributed by atoms with E-state index in [2.05, 4.69) is 47.9 Å². The number of rotatable bonds is 5. The molecule has 3 fully saturated rings. The van der Waals surface area contributed by atoms with Crippen LogP contribution in [0.1, 0.15) is 75.8 Å². The van der Waals surface area contributed by atoms with E-state index in [4.69, 9.17) is 4.74 Å². The van der Waals surface area contributed by atoms with Crippen LogP contribution in [0.4, 0.5) is 0 Å². The Labute approximate surface area is 170 Å². The van der Waals surface area contributed by atoms with Crippen molar-refractivity contribution in [1.82, 2.24) is 9.80 Å². The number of hydrogen-bond acceptors (Lipinski definition) is 3. The fourth-order valence-electron chi connectivity index (χ4n) is 5.34. The van der Waals surface area contributed by atoms with Crippen LogP contribution >= 0.6 is 0 Å². The molecule has 3 aliphatic heterocycles. The van der Waals surface area contributed by atoms with E-state index in [9.17, 15) is 4.79 Å². The molecular formula is C24H36N2O2. The third kappa shape index (κ3) is 4.28. The maximum absolute atomic E-state index is 12.7. The molecule has 3 aliphatic rings. The Kier molecular flexibility index (Phi) is 6.07. The summed E-state index contributed by atoms with van der Waals surface area (Å²) in [5.41, 5.74) is 2.89. The molecular weight excluding hydrogens is 348 g/mol. The standard InChI is InChI=1S/C24H36N2O2/c1-19(2)21-8-6-20(7-9-21)17-25-14-4-11-24(13-15-25)12-10-23(27)26(24)18-22-5-3-16-28-22/h6-9,19,22H,3-5,10-18H2,1-2H3/t22-,24-/m1/s1. The van der Waals surface area contributed by atoms with Crippen LogP contribution in [0.25, 0.3) is 0 Å². The van der Waals surface area contributed by atoms with E-state index < -0.39 is 0 Å². The molecule has 4 nitrogen and oxygen atoms in total. The highest BCUT2D eigenvalue weighted by Gasteiger charge is 2.46. The summed E-state index contributed by atoms with van der Waals surface area (Å²) in [4.78, 5) is 17.5. The zero-order valence-electron chi connectivity index (χ0n) is 17.7. The number of hydrogen-bond donors (Lipinski definition) is 0. The maximum atomic E-state index is 12.7. The van der Waals surface area contributed by atoms with E-state index in [1.165, 1.54) is 17.5 Å². The van der Waals surface area contributed by atoms with E-state index in [1.807, 2.05) is 0 Å². The van der Waals surface area contributed by atoms with Crippen molar-refractivity contribution in [1.29, 1.82) is 0 Å². The molecule has 1 aromatic rings. The minimum absolute atomic E-state index is 0.0826. The van der Waals surface area contributed by atoms with E-state index in [0.717, 1.165) is 71.3 Å². The van der Waals surface area contributed by atoms with Crippen LogP contribution in [-0.4, -0.2) is 53.6 Å². The maximum Gasteiger partial charge on any atom is 0.223 e. The predicted molar refractivity (Wildman–Crippen MR) is 112 cm³/mol. The lowest BCUT2D eigenvalue weighted by molar-refractivity contribution is -0.133. The summed E-state index contributed by atoms with van der Waals surface area (Å²) in [6.07, 6.45) is 7.71. The van der Waals surface area contributed by atoms with E-state index >= 15 is 0 Å². The van der Waals surface area contributed by atoms with Gasteiger partial charge in [-0.3, -0.25) is 9.69 Å². The van der Waals surface area contributed by atoms with Crippen molar-refractivity contribution in [2.24, 2.45) is 0 Å². The molecule has 0 bridgehead atoms. The largest absolute Gasteiger partial charge is 0.376 e. The summed E-state index contributed by atoms with van der Waals surface area (Å²) < 4.78 is 5.85. The van der Waals surface area contributed by atoms with Crippen LogP contribution in [-0.2, 0) is 16.1 Å². The first kappa shape index (κ1) is 19.9. The molecule has 3 heterocycles. The van der Waals surface area contributed by atoms with Crippen LogP contribution in [0.3, 0.4) is 0 Å². The smallest absolute Gasteiger partial charge is 0.223 e. The van der Waals surface area contributed by atoms with Crippen molar-refractivity contribution in [3.63, 3.8) is 0 Å². The number of carbonyl (C=O) groups is 1. The normalized spacial score (nSPS) is 29.2. The molecule has 0 N–H and O–H groups in total. The van der Waals surface area contributed by atoms with Gasteiger partial charge in [0.25, 0.3) is 0 Å². The van der Waals surface area contributed by atoms with Gasteiger partial charge in [-0.1, -0.05) is 38.1 Å². The second kappa shape index (κ2) is 8.54. The van der Waals surface area contributed by atoms with Gasteiger partial charge in [0, 0.05) is 38.2 Å². The third-order valence-corrected chi connectivity index (χ3v) is 7.15. The predicted octanol–water partition coefficient (Wildman–Crippen LogP) is 4.34. The summed E-state index contributed by atoms with van der Waals surface area (Å²) in [7, 11) is 0. The SMILES string of the molecule is CC(C)c1ccc(CN2CCC[C@@]3(CCC(=O)N3C[C@H]3CCCO3)CC2)cc1. The highest BCUT2D eigenvalue weighted by molar-refractivity contribution is 5.79. The minimum atomic E-state index is 0.0826. The van der Waals surface area contributed by atoms with Gasteiger partial charge in [0.2, 0.25) is 5.91 Å². The molecule has 1 amide bonds. The summed E-state index contributed by atoms with van der Waals surface area (Å²) in [6, 6.07) is 9.13. The van der Waals surface area contributed by atoms with Crippen LogP contribution in [0, 0.1) is 0 Å².